The van der Waals surface area contributed by atoms with E-state index in [-0.39, 0.29) is 6.04 Å². The number of methoxy groups -OCH3 is 1. The van der Waals surface area contributed by atoms with Crippen LogP contribution in [0.1, 0.15) is 35.7 Å². The van der Waals surface area contributed by atoms with Gasteiger partial charge in [0.15, 0.2) is 5.82 Å². The van der Waals surface area contributed by atoms with Gasteiger partial charge in [-0.25, -0.2) is 9.97 Å². The molecule has 4 heteroatoms. The monoisotopic (exact) mass is 269 g/mol. The maximum absolute atomic E-state index is 6.11. The van der Waals surface area contributed by atoms with Crippen LogP contribution in [0.15, 0.2) is 24.4 Å². The van der Waals surface area contributed by atoms with Gasteiger partial charge in [0.2, 0.25) is 0 Å². The fourth-order valence-corrected chi connectivity index (χ4v) is 2.69. The third kappa shape index (κ3) is 2.27. The highest BCUT2D eigenvalue weighted by atomic mass is 16.5. The fourth-order valence-electron chi connectivity index (χ4n) is 2.69. The highest BCUT2D eigenvalue weighted by Crippen LogP contribution is 2.31. The molecule has 1 heterocycles. The summed E-state index contributed by atoms with van der Waals surface area (Å²) in [6.45, 7) is 2.04. The second-order valence-electron chi connectivity index (χ2n) is 5.30. The second-order valence-corrected chi connectivity index (χ2v) is 5.30. The maximum atomic E-state index is 6.11. The number of ether oxygens (including phenoxy) is 1. The van der Waals surface area contributed by atoms with E-state index < -0.39 is 0 Å². The quantitative estimate of drug-likeness (QED) is 0.910. The number of aryl methyl sites for hydroxylation is 2. The van der Waals surface area contributed by atoms with Crippen LogP contribution < -0.4 is 10.5 Å². The molecule has 0 spiro atoms. The van der Waals surface area contributed by atoms with Gasteiger partial charge in [-0.3, -0.25) is 0 Å². The molecule has 0 aliphatic heterocycles. The van der Waals surface area contributed by atoms with Crippen molar-refractivity contribution in [3.05, 3.63) is 41.2 Å². The van der Waals surface area contributed by atoms with Gasteiger partial charge >= 0.3 is 0 Å². The third-order valence-electron chi connectivity index (χ3n) is 3.83. The van der Waals surface area contributed by atoms with Gasteiger partial charge in [0, 0.05) is 23.5 Å². The lowest BCUT2D eigenvalue weighted by Crippen LogP contribution is -2.19. The largest absolute Gasteiger partial charge is 0.496 e. The van der Waals surface area contributed by atoms with E-state index in [9.17, 15) is 0 Å². The predicted octanol–water partition coefficient (Wildman–Crippen LogP) is 2.80. The van der Waals surface area contributed by atoms with Gasteiger partial charge in [0.1, 0.15) is 5.75 Å². The smallest absolute Gasteiger partial charge is 0.163 e. The van der Waals surface area contributed by atoms with Crippen LogP contribution in [-0.2, 0) is 6.42 Å². The van der Waals surface area contributed by atoms with Crippen LogP contribution in [-0.4, -0.2) is 17.1 Å². The summed E-state index contributed by atoms with van der Waals surface area (Å²) in [6, 6.07) is 6.14. The van der Waals surface area contributed by atoms with E-state index >= 15 is 0 Å². The van der Waals surface area contributed by atoms with E-state index in [1.54, 1.807) is 7.11 Å². The van der Waals surface area contributed by atoms with Crippen molar-refractivity contribution in [3.63, 3.8) is 0 Å². The zero-order chi connectivity index (χ0) is 14.1. The Labute approximate surface area is 119 Å². The summed E-state index contributed by atoms with van der Waals surface area (Å²) in [7, 11) is 1.67. The van der Waals surface area contributed by atoms with E-state index in [0.717, 1.165) is 53.2 Å². The van der Waals surface area contributed by atoms with Crippen molar-refractivity contribution in [2.45, 2.75) is 32.2 Å². The zero-order valence-electron chi connectivity index (χ0n) is 11.9. The SMILES string of the molecule is COc1cc(C)ccc1-c1ncc2c(n1)CCCC2N. The van der Waals surface area contributed by atoms with Gasteiger partial charge in [-0.15, -0.1) is 0 Å². The first-order valence-corrected chi connectivity index (χ1v) is 6.95. The van der Waals surface area contributed by atoms with Crippen molar-refractivity contribution in [2.24, 2.45) is 5.73 Å². The molecular formula is C16H19N3O. The lowest BCUT2D eigenvalue weighted by molar-refractivity contribution is 0.415. The first-order valence-electron chi connectivity index (χ1n) is 6.95. The fraction of sp³-hybridized carbons (Fsp3) is 0.375. The molecule has 2 aromatic rings. The van der Waals surface area contributed by atoms with Gasteiger partial charge in [-0.1, -0.05) is 6.07 Å². The van der Waals surface area contributed by atoms with E-state index in [1.807, 2.05) is 31.3 Å². The average Bonchev–Trinajstić information content (AvgIpc) is 2.47. The van der Waals surface area contributed by atoms with Crippen LogP contribution >= 0.6 is 0 Å². The van der Waals surface area contributed by atoms with E-state index in [2.05, 4.69) is 4.98 Å². The van der Waals surface area contributed by atoms with Crippen LogP contribution in [0.2, 0.25) is 0 Å². The Morgan fingerprint density at radius 3 is 3.00 bits per heavy atom. The number of fused-ring (bicyclic) bond motifs is 1. The molecule has 0 saturated carbocycles. The minimum Gasteiger partial charge on any atom is -0.496 e. The molecule has 4 nitrogen and oxygen atoms in total. The van der Waals surface area contributed by atoms with Crippen LogP contribution in [0.5, 0.6) is 5.75 Å². The Kier molecular flexibility index (Phi) is 3.40. The molecule has 1 aliphatic carbocycles. The molecule has 0 saturated heterocycles. The summed E-state index contributed by atoms with van der Waals surface area (Å²) in [5, 5.41) is 0. The standard InChI is InChI=1S/C16H19N3O/c1-10-6-7-11(15(8-10)20-2)16-18-9-12-13(17)4-3-5-14(12)19-16/h6-9,13H,3-5,17H2,1-2H3. The predicted molar refractivity (Wildman–Crippen MR) is 78.6 cm³/mol. The minimum absolute atomic E-state index is 0.0766. The van der Waals surface area contributed by atoms with E-state index in [4.69, 9.17) is 15.5 Å². The summed E-state index contributed by atoms with van der Waals surface area (Å²) in [6.07, 6.45) is 4.97. The number of nitrogens with zero attached hydrogens (tertiary/aromatic N) is 2. The van der Waals surface area contributed by atoms with Crippen LogP contribution in [0, 0.1) is 6.92 Å². The number of hydrogen-bond donors (Lipinski definition) is 1. The average molecular weight is 269 g/mol. The third-order valence-corrected chi connectivity index (χ3v) is 3.83. The molecule has 0 fully saturated rings. The van der Waals surface area contributed by atoms with E-state index in [1.165, 1.54) is 0 Å². The van der Waals surface area contributed by atoms with Gasteiger partial charge in [0.05, 0.1) is 12.7 Å². The summed E-state index contributed by atoms with van der Waals surface area (Å²) in [5.74, 6) is 1.53. The molecule has 1 aromatic carbocycles. The van der Waals surface area contributed by atoms with Gasteiger partial charge in [-0.2, -0.15) is 0 Å². The Bertz CT molecular complexity index is 640. The Morgan fingerprint density at radius 2 is 2.20 bits per heavy atom. The summed E-state index contributed by atoms with van der Waals surface area (Å²) in [5.41, 5.74) is 10.4. The molecule has 1 aliphatic rings. The number of benzene rings is 1. The molecule has 0 amide bonds. The Balaban J connectivity index is 2.07. The zero-order valence-corrected chi connectivity index (χ0v) is 11.9. The van der Waals surface area contributed by atoms with Crippen molar-refractivity contribution >= 4 is 0 Å². The molecule has 20 heavy (non-hydrogen) atoms. The topological polar surface area (TPSA) is 61.0 Å². The van der Waals surface area contributed by atoms with E-state index in [0.29, 0.717) is 0 Å². The van der Waals surface area contributed by atoms with Crippen LogP contribution in [0.25, 0.3) is 11.4 Å². The van der Waals surface area contributed by atoms with Crippen molar-refractivity contribution in [1.29, 1.82) is 0 Å². The second kappa shape index (κ2) is 5.21. The van der Waals surface area contributed by atoms with Gasteiger partial charge < -0.3 is 10.5 Å². The number of aromatic nitrogens is 2. The molecule has 104 valence electrons. The van der Waals surface area contributed by atoms with Crippen molar-refractivity contribution in [2.75, 3.05) is 7.11 Å². The Hall–Kier alpha value is -1.94. The van der Waals surface area contributed by atoms with Crippen molar-refractivity contribution < 1.29 is 4.74 Å². The summed E-state index contributed by atoms with van der Waals surface area (Å²) in [4.78, 5) is 9.18. The lowest BCUT2D eigenvalue weighted by Gasteiger charge is -2.21. The number of hydrogen-bond acceptors (Lipinski definition) is 4. The first-order chi connectivity index (χ1) is 9.69. The van der Waals surface area contributed by atoms with Crippen molar-refractivity contribution in [1.82, 2.24) is 9.97 Å². The highest BCUT2D eigenvalue weighted by molar-refractivity contribution is 5.65. The minimum atomic E-state index is 0.0766. The molecule has 0 radical (unpaired) electrons. The van der Waals surface area contributed by atoms with Crippen LogP contribution in [0.4, 0.5) is 0 Å². The molecular weight excluding hydrogens is 250 g/mol. The number of rotatable bonds is 2. The molecule has 2 N–H and O–H groups in total. The van der Waals surface area contributed by atoms with Gasteiger partial charge in [0.25, 0.3) is 0 Å². The summed E-state index contributed by atoms with van der Waals surface area (Å²) >= 11 is 0. The molecule has 1 unspecified atom stereocenters. The lowest BCUT2D eigenvalue weighted by atomic mass is 9.93. The maximum Gasteiger partial charge on any atom is 0.163 e. The normalized spacial score (nSPS) is 17.6. The Morgan fingerprint density at radius 1 is 1.35 bits per heavy atom. The first kappa shape index (κ1) is 13.1. The molecule has 1 atom stereocenters. The molecule has 0 bridgehead atoms. The van der Waals surface area contributed by atoms with Crippen molar-refractivity contribution in [3.8, 4) is 17.1 Å². The number of nitrogens with two attached hydrogens (primary N) is 1. The van der Waals surface area contributed by atoms with Gasteiger partial charge in [-0.05, 0) is 43.9 Å². The highest BCUT2D eigenvalue weighted by Gasteiger charge is 2.20. The van der Waals surface area contributed by atoms with Crippen LogP contribution in [0.3, 0.4) is 0 Å². The molecule has 3 rings (SSSR count). The summed E-state index contributed by atoms with van der Waals surface area (Å²) < 4.78 is 5.44. The molecule has 1 aromatic heterocycles.